The van der Waals surface area contributed by atoms with Gasteiger partial charge in [-0.25, -0.2) is 4.98 Å². The molecule has 0 unspecified atom stereocenters. The number of carbonyl (C=O) groups is 1. The molecule has 0 fully saturated rings. The van der Waals surface area contributed by atoms with E-state index >= 15 is 0 Å². The molecule has 3 rings (SSSR count). The number of aromatic amines is 1. The van der Waals surface area contributed by atoms with Gasteiger partial charge in [0.1, 0.15) is 0 Å². The molecule has 1 aromatic heterocycles. The van der Waals surface area contributed by atoms with E-state index in [1.54, 1.807) is 6.33 Å². The fraction of sp³-hybridized carbons (Fsp3) is 0.467. The van der Waals surface area contributed by atoms with Gasteiger partial charge in [-0.05, 0) is 37.5 Å². The number of anilines is 1. The Kier molecular flexibility index (Phi) is 2.62. The number of benzene rings is 1. The van der Waals surface area contributed by atoms with Crippen LogP contribution >= 0.6 is 0 Å². The maximum atomic E-state index is 12.8. The third kappa shape index (κ3) is 1.40. The Morgan fingerprint density at radius 3 is 2.63 bits per heavy atom. The van der Waals surface area contributed by atoms with Crippen molar-refractivity contribution in [1.29, 1.82) is 0 Å². The molecule has 0 saturated heterocycles. The summed E-state index contributed by atoms with van der Waals surface area (Å²) < 4.78 is 0. The highest BCUT2D eigenvalue weighted by Crippen LogP contribution is 2.47. The molecule has 1 aliphatic rings. The normalized spacial score (nSPS) is 17.2. The summed E-state index contributed by atoms with van der Waals surface area (Å²) in [6, 6.07) is 4.15. The van der Waals surface area contributed by atoms with Crippen LogP contribution in [0.4, 0.5) is 5.69 Å². The molecular formula is C15H19N3O. The van der Waals surface area contributed by atoms with E-state index in [9.17, 15) is 4.79 Å². The predicted molar refractivity (Wildman–Crippen MR) is 76.4 cm³/mol. The number of hydrogen-bond donors (Lipinski definition) is 1. The van der Waals surface area contributed by atoms with Gasteiger partial charge < -0.3 is 9.88 Å². The summed E-state index contributed by atoms with van der Waals surface area (Å²) >= 11 is 0. The Balaban J connectivity index is 2.32. The summed E-state index contributed by atoms with van der Waals surface area (Å²) in [4.78, 5) is 22.1. The van der Waals surface area contributed by atoms with Crippen LogP contribution < -0.4 is 4.90 Å². The molecule has 100 valence electrons. The molecule has 1 aliphatic heterocycles. The van der Waals surface area contributed by atoms with Gasteiger partial charge >= 0.3 is 0 Å². The van der Waals surface area contributed by atoms with Crippen molar-refractivity contribution in [2.24, 2.45) is 0 Å². The van der Waals surface area contributed by atoms with Crippen molar-refractivity contribution in [3.05, 3.63) is 24.0 Å². The summed E-state index contributed by atoms with van der Waals surface area (Å²) in [5.41, 5.74) is 3.77. The molecule has 2 aromatic rings. The van der Waals surface area contributed by atoms with E-state index in [2.05, 4.69) is 29.9 Å². The average Bonchev–Trinajstić information content (AvgIpc) is 2.96. The fourth-order valence-corrected chi connectivity index (χ4v) is 3.31. The molecular weight excluding hydrogens is 238 g/mol. The number of likely N-dealkylation sites (N-methyl/N-ethyl adjacent to an activating group) is 1. The number of carbonyl (C=O) groups excluding carboxylic acids is 1. The zero-order valence-corrected chi connectivity index (χ0v) is 11.7. The summed E-state index contributed by atoms with van der Waals surface area (Å²) in [7, 11) is 0. The van der Waals surface area contributed by atoms with E-state index in [4.69, 9.17) is 0 Å². The standard InChI is InChI=1S/C15H19N3O/c1-4-15(5-2)10-7-11-12(17-9-16-11)8-13(10)18(6-3)14(15)19/h7-9H,4-6H2,1-3H3,(H,16,17). The topological polar surface area (TPSA) is 49.0 Å². The Morgan fingerprint density at radius 1 is 1.26 bits per heavy atom. The highest BCUT2D eigenvalue weighted by molar-refractivity contribution is 6.09. The Labute approximate surface area is 112 Å². The van der Waals surface area contributed by atoms with Gasteiger partial charge in [0.2, 0.25) is 5.91 Å². The van der Waals surface area contributed by atoms with Crippen LogP contribution in [-0.4, -0.2) is 22.4 Å². The molecule has 0 bridgehead atoms. The zero-order valence-electron chi connectivity index (χ0n) is 11.7. The lowest BCUT2D eigenvalue weighted by molar-refractivity contribution is -0.123. The first-order chi connectivity index (χ1) is 9.17. The minimum Gasteiger partial charge on any atom is -0.345 e. The number of amides is 1. The molecule has 19 heavy (non-hydrogen) atoms. The quantitative estimate of drug-likeness (QED) is 0.919. The van der Waals surface area contributed by atoms with E-state index in [0.717, 1.165) is 35.1 Å². The fourth-order valence-electron chi connectivity index (χ4n) is 3.31. The first-order valence-electron chi connectivity index (χ1n) is 6.97. The van der Waals surface area contributed by atoms with Crippen molar-refractivity contribution in [2.75, 3.05) is 11.4 Å². The van der Waals surface area contributed by atoms with Crippen LogP contribution in [0.5, 0.6) is 0 Å². The lowest BCUT2D eigenvalue weighted by Crippen LogP contribution is -2.39. The summed E-state index contributed by atoms with van der Waals surface area (Å²) in [6.45, 7) is 6.93. The lowest BCUT2D eigenvalue weighted by Gasteiger charge is -2.25. The smallest absolute Gasteiger partial charge is 0.237 e. The van der Waals surface area contributed by atoms with Gasteiger partial charge in [0.15, 0.2) is 0 Å². The molecule has 4 nitrogen and oxygen atoms in total. The first kappa shape index (κ1) is 12.2. The van der Waals surface area contributed by atoms with Crippen LogP contribution in [0.15, 0.2) is 18.5 Å². The highest BCUT2D eigenvalue weighted by atomic mass is 16.2. The second-order valence-electron chi connectivity index (χ2n) is 5.13. The summed E-state index contributed by atoms with van der Waals surface area (Å²) in [5.74, 6) is 0.239. The van der Waals surface area contributed by atoms with Crippen LogP contribution in [-0.2, 0) is 10.2 Å². The van der Waals surface area contributed by atoms with Crippen molar-refractivity contribution < 1.29 is 4.79 Å². The van der Waals surface area contributed by atoms with Crippen molar-refractivity contribution in [3.8, 4) is 0 Å². The van der Waals surface area contributed by atoms with E-state index < -0.39 is 0 Å². The van der Waals surface area contributed by atoms with E-state index in [-0.39, 0.29) is 11.3 Å². The number of nitrogens with zero attached hydrogens (tertiary/aromatic N) is 2. The van der Waals surface area contributed by atoms with Crippen LogP contribution in [0.2, 0.25) is 0 Å². The van der Waals surface area contributed by atoms with E-state index in [1.165, 1.54) is 0 Å². The summed E-state index contributed by atoms with van der Waals surface area (Å²) in [6.07, 6.45) is 3.38. The number of H-pyrrole nitrogens is 1. The maximum absolute atomic E-state index is 12.8. The molecule has 0 radical (unpaired) electrons. The number of imidazole rings is 1. The Bertz CT molecular complexity index is 640. The monoisotopic (exact) mass is 257 g/mol. The van der Waals surface area contributed by atoms with Crippen molar-refractivity contribution in [2.45, 2.75) is 39.0 Å². The van der Waals surface area contributed by atoms with Gasteiger partial charge in [0.25, 0.3) is 0 Å². The van der Waals surface area contributed by atoms with Gasteiger partial charge in [-0.1, -0.05) is 13.8 Å². The zero-order chi connectivity index (χ0) is 13.6. The van der Waals surface area contributed by atoms with Crippen LogP contribution in [0, 0.1) is 0 Å². The van der Waals surface area contributed by atoms with Crippen molar-refractivity contribution >= 4 is 22.6 Å². The molecule has 0 aliphatic carbocycles. The van der Waals surface area contributed by atoms with Gasteiger partial charge in [-0.15, -0.1) is 0 Å². The van der Waals surface area contributed by atoms with Crippen LogP contribution in [0.3, 0.4) is 0 Å². The number of rotatable bonds is 3. The molecule has 1 N–H and O–H groups in total. The first-order valence-corrected chi connectivity index (χ1v) is 6.97. The van der Waals surface area contributed by atoms with Gasteiger partial charge in [0, 0.05) is 6.54 Å². The highest BCUT2D eigenvalue weighted by Gasteiger charge is 2.48. The van der Waals surface area contributed by atoms with Crippen molar-refractivity contribution in [3.63, 3.8) is 0 Å². The molecule has 0 atom stereocenters. The van der Waals surface area contributed by atoms with Crippen LogP contribution in [0.25, 0.3) is 11.0 Å². The molecule has 1 aromatic carbocycles. The van der Waals surface area contributed by atoms with E-state index in [0.29, 0.717) is 6.54 Å². The molecule has 0 saturated carbocycles. The SMILES string of the molecule is CCN1C(=O)C(CC)(CC)c2cc3[nH]cnc3cc21. The number of aromatic nitrogens is 2. The molecule has 1 amide bonds. The number of fused-ring (bicyclic) bond motifs is 2. The van der Waals surface area contributed by atoms with Gasteiger partial charge in [-0.2, -0.15) is 0 Å². The maximum Gasteiger partial charge on any atom is 0.237 e. The minimum absolute atomic E-state index is 0.239. The molecule has 2 heterocycles. The lowest BCUT2D eigenvalue weighted by atomic mass is 9.77. The second kappa shape index (κ2) is 4.08. The predicted octanol–water partition coefficient (Wildman–Crippen LogP) is 2.99. The molecule has 4 heteroatoms. The number of hydrogen-bond acceptors (Lipinski definition) is 2. The van der Waals surface area contributed by atoms with Crippen LogP contribution in [0.1, 0.15) is 39.2 Å². The number of nitrogens with one attached hydrogen (secondary N) is 1. The van der Waals surface area contributed by atoms with E-state index in [1.807, 2.05) is 17.9 Å². The third-order valence-electron chi connectivity index (χ3n) is 4.52. The molecule has 0 spiro atoms. The largest absolute Gasteiger partial charge is 0.345 e. The summed E-state index contributed by atoms with van der Waals surface area (Å²) in [5, 5.41) is 0. The third-order valence-corrected chi connectivity index (χ3v) is 4.52. The van der Waals surface area contributed by atoms with Crippen molar-refractivity contribution in [1.82, 2.24) is 9.97 Å². The second-order valence-corrected chi connectivity index (χ2v) is 5.13. The minimum atomic E-state index is -0.357. The van der Waals surface area contributed by atoms with Gasteiger partial charge in [-0.3, -0.25) is 4.79 Å². The Hall–Kier alpha value is -1.84. The van der Waals surface area contributed by atoms with Gasteiger partial charge in [0.05, 0.1) is 28.5 Å². The average molecular weight is 257 g/mol. The Morgan fingerprint density at radius 2 is 2.00 bits per heavy atom.